The van der Waals surface area contributed by atoms with Gasteiger partial charge in [-0.05, 0) is 133 Å². The first-order valence-electron chi connectivity index (χ1n) is 25.3. The molecular weight excluding hydrogens is 864 g/mol. The summed E-state index contributed by atoms with van der Waals surface area (Å²) in [6, 6.07) is 71.9. The maximum atomic E-state index is 4.20. The molecule has 0 saturated heterocycles. The van der Waals surface area contributed by atoms with E-state index in [9.17, 15) is 0 Å². The second-order valence-electron chi connectivity index (χ2n) is 22.3. The van der Waals surface area contributed by atoms with Gasteiger partial charge in [0, 0.05) is 53.9 Å². The number of thiophene rings is 1. The molecule has 70 heavy (non-hydrogen) atoms. The van der Waals surface area contributed by atoms with Crippen LogP contribution in [-0.4, -0.2) is 7.28 Å². The van der Waals surface area contributed by atoms with E-state index in [-0.39, 0.29) is 16.2 Å². The van der Waals surface area contributed by atoms with Crippen LogP contribution in [0.5, 0.6) is 0 Å². The highest BCUT2D eigenvalue weighted by molar-refractivity contribution is 7.25. The average Bonchev–Trinajstić information content (AvgIpc) is 3.86. The Labute approximate surface area is 416 Å². The Morgan fingerprint density at radius 1 is 0.486 bits per heavy atom. The van der Waals surface area contributed by atoms with Gasteiger partial charge < -0.3 is 10.2 Å². The highest BCUT2D eigenvalue weighted by atomic mass is 32.1. The fraction of sp³-hybridized carbons (Fsp3) is 0.182. The monoisotopic (exact) mass is 918 g/mol. The van der Waals surface area contributed by atoms with Crippen LogP contribution in [-0.2, 0) is 21.7 Å². The zero-order valence-corrected chi connectivity index (χ0v) is 41.7. The first kappa shape index (κ1) is 41.8. The molecule has 0 saturated carbocycles. The molecule has 0 radical (unpaired) electrons. The minimum Gasteiger partial charge on any atom is -0.355 e. The smallest absolute Gasteiger partial charge is 0.198 e. The van der Waals surface area contributed by atoms with E-state index in [0.717, 1.165) is 18.7 Å². The Balaban J connectivity index is 1.08. The predicted octanol–water partition coefficient (Wildman–Crippen LogP) is 16.0. The molecule has 2 aliphatic heterocycles. The maximum Gasteiger partial charge on any atom is 0.198 e. The number of nitrogens with zero attached hydrogens (tertiary/aromatic N) is 1. The Hall–Kier alpha value is -7.14. The Morgan fingerprint density at radius 2 is 1.14 bits per heavy atom. The summed E-state index contributed by atoms with van der Waals surface area (Å²) in [7, 11) is 0.803. The maximum absolute atomic E-state index is 4.20. The predicted molar refractivity (Wildman–Crippen MR) is 300 cm³/mol. The molecule has 10 aromatic rings. The fourth-order valence-corrected chi connectivity index (χ4v) is 14.8. The topological polar surface area (TPSA) is 15.3 Å². The fourth-order valence-electron chi connectivity index (χ4n) is 13.7. The number of para-hydroxylation sites is 2. The average molecular weight is 919 g/mol. The number of anilines is 5. The molecule has 0 bridgehead atoms. The van der Waals surface area contributed by atoms with Crippen molar-refractivity contribution in [3.63, 3.8) is 0 Å². The van der Waals surface area contributed by atoms with Crippen molar-refractivity contribution in [1.29, 1.82) is 0 Å². The van der Waals surface area contributed by atoms with Crippen molar-refractivity contribution in [3.05, 3.63) is 233 Å². The van der Waals surface area contributed by atoms with Crippen LogP contribution in [0.3, 0.4) is 0 Å². The SMILES string of the molecule is CC1(C)CCC(C)(C)c2cc(Nc3cc4c(cc3-c3c5c(cc6c3C(C)(C)c3ccccc3-6)N3c6ccccc6C(c6ccccc6)(c6ccccc6)c6cccc(c63)B5)sc3ccccc34)ccc21. The Kier molecular flexibility index (Phi) is 8.78. The molecule has 4 heteroatoms. The minimum absolute atomic E-state index is 0.0869. The molecule has 0 unspecified atom stereocenters. The summed E-state index contributed by atoms with van der Waals surface area (Å²) in [4.78, 5) is 2.67. The summed E-state index contributed by atoms with van der Waals surface area (Å²) >= 11 is 1.91. The van der Waals surface area contributed by atoms with Crippen molar-refractivity contribution >= 4 is 78.2 Å². The second-order valence-corrected chi connectivity index (χ2v) is 23.4. The van der Waals surface area contributed by atoms with Gasteiger partial charge >= 0.3 is 0 Å². The van der Waals surface area contributed by atoms with Gasteiger partial charge in [-0.25, -0.2) is 0 Å². The molecule has 9 aromatic carbocycles. The molecule has 0 atom stereocenters. The third-order valence-electron chi connectivity index (χ3n) is 17.2. The molecule has 2 aliphatic carbocycles. The van der Waals surface area contributed by atoms with Crippen molar-refractivity contribution in [2.45, 2.75) is 76.0 Å². The van der Waals surface area contributed by atoms with E-state index in [1.165, 1.54) is 128 Å². The van der Waals surface area contributed by atoms with Crippen LogP contribution < -0.4 is 21.1 Å². The molecule has 3 heterocycles. The van der Waals surface area contributed by atoms with Crippen molar-refractivity contribution in [1.82, 2.24) is 0 Å². The minimum atomic E-state index is -0.533. The lowest BCUT2D eigenvalue weighted by molar-refractivity contribution is 0.332. The molecule has 14 rings (SSSR count). The van der Waals surface area contributed by atoms with Crippen LogP contribution in [0.2, 0.25) is 0 Å². The Morgan fingerprint density at radius 3 is 1.91 bits per heavy atom. The largest absolute Gasteiger partial charge is 0.355 e. The molecule has 4 aliphatic rings. The van der Waals surface area contributed by atoms with E-state index >= 15 is 0 Å². The molecule has 1 N–H and O–H groups in total. The van der Waals surface area contributed by atoms with Gasteiger partial charge in [0.2, 0.25) is 0 Å². The van der Waals surface area contributed by atoms with Crippen molar-refractivity contribution in [2.24, 2.45) is 0 Å². The third-order valence-corrected chi connectivity index (χ3v) is 18.3. The van der Waals surface area contributed by atoms with Gasteiger partial charge in [0.15, 0.2) is 7.28 Å². The summed E-state index contributed by atoms with van der Waals surface area (Å²) < 4.78 is 2.63. The van der Waals surface area contributed by atoms with E-state index in [4.69, 9.17) is 0 Å². The van der Waals surface area contributed by atoms with Crippen molar-refractivity contribution in [3.8, 4) is 22.3 Å². The number of fused-ring (bicyclic) bond motifs is 11. The first-order chi connectivity index (χ1) is 33.9. The molecular formula is C66H55BN2S. The van der Waals surface area contributed by atoms with Crippen molar-refractivity contribution in [2.75, 3.05) is 10.2 Å². The van der Waals surface area contributed by atoms with Gasteiger partial charge in [0.1, 0.15) is 0 Å². The number of hydrogen-bond donors (Lipinski definition) is 1. The Bertz CT molecular complexity index is 3780. The van der Waals surface area contributed by atoms with Crippen LogP contribution in [0.4, 0.5) is 28.4 Å². The van der Waals surface area contributed by atoms with Crippen LogP contribution in [0.15, 0.2) is 188 Å². The summed E-state index contributed by atoms with van der Waals surface area (Å²) in [5.74, 6) is 0. The summed E-state index contributed by atoms with van der Waals surface area (Å²) in [5.41, 5.74) is 24.4. The van der Waals surface area contributed by atoms with Crippen LogP contribution in [0, 0.1) is 0 Å². The lowest BCUT2D eigenvalue weighted by Gasteiger charge is -2.49. The van der Waals surface area contributed by atoms with Gasteiger partial charge in [-0.3, -0.25) is 0 Å². The highest BCUT2D eigenvalue weighted by Crippen LogP contribution is 2.61. The van der Waals surface area contributed by atoms with Crippen LogP contribution >= 0.6 is 11.3 Å². The number of hydrogen-bond acceptors (Lipinski definition) is 3. The summed E-state index contributed by atoms with van der Waals surface area (Å²) in [5, 5.41) is 6.81. The molecule has 338 valence electrons. The number of nitrogens with one attached hydrogen (secondary N) is 1. The third kappa shape index (κ3) is 5.69. The van der Waals surface area contributed by atoms with E-state index in [2.05, 4.69) is 240 Å². The lowest BCUT2D eigenvalue weighted by atomic mass is 9.53. The van der Waals surface area contributed by atoms with Gasteiger partial charge in [-0.2, -0.15) is 0 Å². The summed E-state index contributed by atoms with van der Waals surface area (Å²) in [6.45, 7) is 14.6. The van der Waals surface area contributed by atoms with Gasteiger partial charge in [0.25, 0.3) is 0 Å². The zero-order chi connectivity index (χ0) is 47.3. The molecule has 2 nitrogen and oxygen atoms in total. The molecule has 1 aromatic heterocycles. The molecule has 0 fully saturated rings. The van der Waals surface area contributed by atoms with Crippen LogP contribution in [0.25, 0.3) is 42.4 Å². The molecule has 0 amide bonds. The number of rotatable bonds is 5. The van der Waals surface area contributed by atoms with Crippen molar-refractivity contribution < 1.29 is 0 Å². The van der Waals surface area contributed by atoms with Crippen LogP contribution in [0.1, 0.15) is 98.9 Å². The lowest BCUT2D eigenvalue weighted by Crippen LogP contribution is -2.47. The number of benzene rings is 9. The standard InChI is InChI=1S/C66H55BN2S/c1-63(2)34-35-64(3,4)52-36-42(32-33-49(52)63)68-54-37-45-44-25-14-18-31-57(44)70-58(45)39-47(54)59-60-46(43-24-13-15-26-48(43)65(60,5)6)38-56-61(59)67-53-29-19-28-51-62(53)69(56)55-30-17-16-27-50(55)66(51,40-20-9-7-10-21-40)41-22-11-8-12-23-41/h7-33,36-39,67-68H,34-35H2,1-6H3. The molecule has 0 spiro atoms. The van der Waals surface area contributed by atoms with E-state index < -0.39 is 5.41 Å². The van der Waals surface area contributed by atoms with Gasteiger partial charge in [-0.1, -0.05) is 193 Å². The summed E-state index contributed by atoms with van der Waals surface area (Å²) in [6.07, 6.45) is 2.37. The first-order valence-corrected chi connectivity index (χ1v) is 26.1. The normalized spacial score (nSPS) is 16.9. The van der Waals surface area contributed by atoms with E-state index in [1.54, 1.807) is 0 Å². The quantitative estimate of drug-likeness (QED) is 0.173. The van der Waals surface area contributed by atoms with E-state index in [0.29, 0.717) is 0 Å². The second kappa shape index (κ2) is 14.7. The zero-order valence-electron chi connectivity index (χ0n) is 40.9. The van der Waals surface area contributed by atoms with E-state index in [1.807, 2.05) is 11.3 Å². The van der Waals surface area contributed by atoms with Gasteiger partial charge in [-0.15, -0.1) is 11.3 Å². The highest BCUT2D eigenvalue weighted by Gasteiger charge is 2.50. The van der Waals surface area contributed by atoms with Gasteiger partial charge in [0.05, 0.1) is 11.1 Å².